The first-order chi connectivity index (χ1) is 12.3. The van der Waals surface area contributed by atoms with Crippen LogP contribution in [0.4, 0.5) is 0 Å². The summed E-state index contributed by atoms with van der Waals surface area (Å²) in [6.07, 6.45) is 6.75. The van der Waals surface area contributed by atoms with Crippen molar-refractivity contribution in [2.24, 2.45) is 0 Å². The molecule has 136 valence electrons. The Hall–Kier alpha value is -2.10. The molecule has 1 aliphatic rings. The van der Waals surface area contributed by atoms with Gasteiger partial charge in [-0.05, 0) is 67.6 Å². The van der Waals surface area contributed by atoms with Gasteiger partial charge in [0.05, 0.1) is 5.69 Å². The summed E-state index contributed by atoms with van der Waals surface area (Å²) in [6, 6.07) is 16.8. The maximum Gasteiger partial charge on any atom is 0.179 e. The first kappa shape index (κ1) is 18.7. The zero-order valence-corrected chi connectivity index (χ0v) is 15.7. The average molecular weight is 369 g/mol. The van der Waals surface area contributed by atoms with E-state index < -0.39 is 0 Å². The summed E-state index contributed by atoms with van der Waals surface area (Å²) in [6.45, 7) is 1.93. The summed E-state index contributed by atoms with van der Waals surface area (Å²) in [5.41, 5.74) is 6.14. The minimum atomic E-state index is 0. The highest BCUT2D eigenvalue weighted by Crippen LogP contribution is 2.30. The van der Waals surface area contributed by atoms with Gasteiger partial charge in [-0.3, -0.25) is 4.79 Å². The van der Waals surface area contributed by atoms with Crippen molar-refractivity contribution < 1.29 is 4.79 Å². The molecule has 0 atom stereocenters. The summed E-state index contributed by atoms with van der Waals surface area (Å²) in [7, 11) is 0. The molecule has 3 aromatic rings. The molecule has 0 radical (unpaired) electrons. The first-order valence-electron chi connectivity index (χ1n) is 9.23. The van der Waals surface area contributed by atoms with Gasteiger partial charge in [-0.15, -0.1) is 12.4 Å². The van der Waals surface area contributed by atoms with Gasteiger partial charge in [-0.2, -0.15) is 0 Å². The normalized spacial score (nSPS) is 13.5. The minimum absolute atomic E-state index is 0. The zero-order chi connectivity index (χ0) is 17.1. The maximum absolute atomic E-state index is 12.4. The van der Waals surface area contributed by atoms with Gasteiger partial charge >= 0.3 is 0 Å². The van der Waals surface area contributed by atoms with E-state index in [1.54, 1.807) is 0 Å². The van der Waals surface area contributed by atoms with Crippen molar-refractivity contribution >= 4 is 23.7 Å². The van der Waals surface area contributed by atoms with Crippen LogP contribution < -0.4 is 5.32 Å². The third-order valence-electron chi connectivity index (χ3n) is 5.14. The SMILES string of the molecule is Cl.O=C1CCCc2c(CCNCCc3ccccc3)c3ccccn3c21. The number of fused-ring (bicyclic) bond motifs is 3. The lowest BCUT2D eigenvalue weighted by molar-refractivity contribution is 0.0966. The van der Waals surface area contributed by atoms with Crippen LogP contribution in [-0.2, 0) is 19.3 Å². The third-order valence-corrected chi connectivity index (χ3v) is 5.14. The maximum atomic E-state index is 12.4. The lowest BCUT2D eigenvalue weighted by Gasteiger charge is -2.12. The van der Waals surface area contributed by atoms with Gasteiger partial charge in [0.25, 0.3) is 0 Å². The van der Waals surface area contributed by atoms with Gasteiger partial charge in [0, 0.05) is 18.1 Å². The minimum Gasteiger partial charge on any atom is -0.316 e. The summed E-state index contributed by atoms with van der Waals surface area (Å²) < 4.78 is 2.11. The summed E-state index contributed by atoms with van der Waals surface area (Å²) >= 11 is 0. The third kappa shape index (κ3) is 3.69. The predicted octanol–water partition coefficient (Wildman–Crippen LogP) is 4.25. The lowest BCUT2D eigenvalue weighted by Crippen LogP contribution is -2.20. The average Bonchev–Trinajstić information content (AvgIpc) is 2.98. The molecular weight excluding hydrogens is 344 g/mol. The lowest BCUT2D eigenvalue weighted by atomic mass is 9.92. The molecule has 0 spiro atoms. The molecular formula is C22H25ClN2O. The van der Waals surface area contributed by atoms with Crippen LogP contribution in [0.2, 0.25) is 0 Å². The number of Topliss-reactive ketones (excluding diaryl/α,β-unsaturated/α-hetero) is 1. The second-order valence-electron chi connectivity index (χ2n) is 6.77. The van der Waals surface area contributed by atoms with E-state index in [-0.39, 0.29) is 12.4 Å². The van der Waals surface area contributed by atoms with Crippen LogP contribution >= 0.6 is 12.4 Å². The molecule has 0 saturated heterocycles. The first-order valence-corrected chi connectivity index (χ1v) is 9.23. The Labute approximate surface area is 160 Å². The van der Waals surface area contributed by atoms with Crippen LogP contribution in [0.25, 0.3) is 5.52 Å². The van der Waals surface area contributed by atoms with Crippen LogP contribution in [0, 0.1) is 0 Å². The second-order valence-corrected chi connectivity index (χ2v) is 6.77. The second kappa shape index (κ2) is 8.52. The van der Waals surface area contributed by atoms with E-state index in [9.17, 15) is 4.79 Å². The molecule has 0 bridgehead atoms. The van der Waals surface area contributed by atoms with Gasteiger partial charge in [0.1, 0.15) is 0 Å². The predicted molar refractivity (Wildman–Crippen MR) is 109 cm³/mol. The summed E-state index contributed by atoms with van der Waals surface area (Å²) in [5.74, 6) is 0.297. The monoisotopic (exact) mass is 368 g/mol. The van der Waals surface area contributed by atoms with E-state index in [1.165, 1.54) is 22.2 Å². The van der Waals surface area contributed by atoms with Crippen LogP contribution in [0.1, 0.15) is 40.0 Å². The number of carbonyl (C=O) groups excluding carboxylic acids is 1. The van der Waals surface area contributed by atoms with Crippen molar-refractivity contribution in [2.45, 2.75) is 32.1 Å². The standard InChI is InChI=1S/C22H24N2O.ClH/c25-21-11-6-9-19-18(20-10-4-5-16-24(20)22(19)21)13-15-23-14-12-17-7-2-1-3-8-17;/h1-5,7-8,10,16,23H,6,9,11-15H2;1H. The number of rotatable bonds is 6. The Morgan fingerprint density at radius 1 is 0.923 bits per heavy atom. The van der Waals surface area contributed by atoms with Gasteiger partial charge in [-0.25, -0.2) is 0 Å². The molecule has 4 heteroatoms. The molecule has 0 fully saturated rings. The highest BCUT2D eigenvalue weighted by atomic mass is 35.5. The van der Waals surface area contributed by atoms with Crippen molar-refractivity contribution in [3.63, 3.8) is 0 Å². The molecule has 1 N–H and O–H groups in total. The van der Waals surface area contributed by atoms with Crippen molar-refractivity contribution in [2.75, 3.05) is 13.1 Å². The van der Waals surface area contributed by atoms with E-state index in [1.807, 2.05) is 12.3 Å². The van der Waals surface area contributed by atoms with Gasteiger partial charge < -0.3 is 9.72 Å². The molecule has 0 unspecified atom stereocenters. The van der Waals surface area contributed by atoms with Crippen molar-refractivity contribution in [1.29, 1.82) is 0 Å². The van der Waals surface area contributed by atoms with Crippen LogP contribution in [0.15, 0.2) is 54.7 Å². The van der Waals surface area contributed by atoms with Crippen LogP contribution in [0.3, 0.4) is 0 Å². The molecule has 2 heterocycles. The van der Waals surface area contributed by atoms with Gasteiger partial charge in [0.15, 0.2) is 5.78 Å². The Kier molecular flexibility index (Phi) is 6.12. The Morgan fingerprint density at radius 2 is 1.69 bits per heavy atom. The smallest absolute Gasteiger partial charge is 0.179 e. The number of halogens is 1. The number of pyridine rings is 1. The van der Waals surface area contributed by atoms with E-state index >= 15 is 0 Å². The quantitative estimate of drug-likeness (QED) is 0.660. The van der Waals surface area contributed by atoms with Crippen molar-refractivity contribution in [3.8, 4) is 0 Å². The molecule has 26 heavy (non-hydrogen) atoms. The number of aromatic nitrogens is 1. The fourth-order valence-corrected chi connectivity index (χ4v) is 3.94. The number of benzene rings is 1. The Balaban J connectivity index is 0.00000196. The van der Waals surface area contributed by atoms with Crippen LogP contribution in [-0.4, -0.2) is 23.3 Å². The number of hydrogen-bond acceptors (Lipinski definition) is 2. The summed E-state index contributed by atoms with van der Waals surface area (Å²) in [4.78, 5) is 12.4. The van der Waals surface area contributed by atoms with E-state index in [4.69, 9.17) is 0 Å². The molecule has 3 nitrogen and oxygen atoms in total. The number of ketones is 1. The molecule has 1 aliphatic carbocycles. The summed E-state index contributed by atoms with van der Waals surface area (Å²) in [5, 5.41) is 3.56. The van der Waals surface area contributed by atoms with Gasteiger partial charge in [0.2, 0.25) is 0 Å². The Morgan fingerprint density at radius 3 is 2.54 bits per heavy atom. The highest BCUT2D eigenvalue weighted by molar-refractivity contribution is 5.99. The van der Waals surface area contributed by atoms with Crippen molar-refractivity contribution in [3.05, 3.63) is 77.1 Å². The zero-order valence-electron chi connectivity index (χ0n) is 14.9. The molecule has 1 aromatic carbocycles. The molecule has 2 aromatic heterocycles. The molecule has 0 aliphatic heterocycles. The Bertz CT molecular complexity index is 886. The van der Waals surface area contributed by atoms with E-state index in [0.29, 0.717) is 12.2 Å². The number of nitrogens with one attached hydrogen (secondary N) is 1. The van der Waals surface area contributed by atoms with Gasteiger partial charge in [-0.1, -0.05) is 36.4 Å². The molecule has 0 saturated carbocycles. The number of carbonyl (C=O) groups is 1. The largest absolute Gasteiger partial charge is 0.316 e. The topological polar surface area (TPSA) is 33.5 Å². The number of nitrogens with zero attached hydrogens (tertiary/aromatic N) is 1. The molecule has 4 rings (SSSR count). The fraction of sp³-hybridized carbons (Fsp3) is 0.318. The van der Waals surface area contributed by atoms with E-state index in [2.05, 4.69) is 52.2 Å². The molecule has 0 amide bonds. The fourth-order valence-electron chi connectivity index (χ4n) is 3.94. The van der Waals surface area contributed by atoms with E-state index in [0.717, 1.165) is 44.5 Å². The highest BCUT2D eigenvalue weighted by Gasteiger charge is 2.25. The number of hydrogen-bond donors (Lipinski definition) is 1. The van der Waals surface area contributed by atoms with Crippen molar-refractivity contribution in [1.82, 2.24) is 9.72 Å². The van der Waals surface area contributed by atoms with Crippen LogP contribution in [0.5, 0.6) is 0 Å².